The summed E-state index contributed by atoms with van der Waals surface area (Å²) >= 11 is 0. The van der Waals surface area contributed by atoms with Crippen LogP contribution < -0.4 is 5.73 Å². The number of nitrogens with two attached hydrogens (primary N) is 1. The summed E-state index contributed by atoms with van der Waals surface area (Å²) in [5, 5.41) is 0. The van der Waals surface area contributed by atoms with Crippen LogP contribution >= 0.6 is 0 Å². The summed E-state index contributed by atoms with van der Waals surface area (Å²) in [7, 11) is 0. The molecule has 0 radical (unpaired) electrons. The van der Waals surface area contributed by atoms with Crippen molar-refractivity contribution in [3.8, 4) is 12.3 Å². The van der Waals surface area contributed by atoms with E-state index in [0.717, 1.165) is 5.56 Å². The minimum absolute atomic E-state index is 0.172. The first-order valence-corrected chi connectivity index (χ1v) is 4.42. The minimum atomic E-state index is -0.381. The molecule has 15 heavy (non-hydrogen) atoms. The number of terminal acetylenes is 1. The Kier molecular flexibility index (Phi) is 2.14. The Morgan fingerprint density at radius 2 is 2.47 bits per heavy atom. The van der Waals surface area contributed by atoms with Crippen molar-refractivity contribution in [1.29, 1.82) is 0 Å². The summed E-state index contributed by atoms with van der Waals surface area (Å²) < 4.78 is 1.76. The number of fused-ring (bicyclic) bond motifs is 1. The zero-order chi connectivity index (χ0) is 10.8. The molecule has 0 atom stereocenters. The van der Waals surface area contributed by atoms with Crippen molar-refractivity contribution in [3.05, 3.63) is 35.8 Å². The second-order valence-electron chi connectivity index (χ2n) is 3.16. The van der Waals surface area contributed by atoms with Crippen LogP contribution in [0.5, 0.6) is 0 Å². The van der Waals surface area contributed by atoms with Crippen molar-refractivity contribution in [2.45, 2.75) is 6.42 Å². The van der Waals surface area contributed by atoms with Gasteiger partial charge in [0.2, 0.25) is 5.91 Å². The molecule has 0 aliphatic rings. The molecule has 4 heteroatoms. The number of imidazole rings is 1. The van der Waals surface area contributed by atoms with E-state index >= 15 is 0 Å². The molecule has 0 unspecified atom stereocenters. The molecule has 0 saturated carbocycles. The quantitative estimate of drug-likeness (QED) is 0.709. The van der Waals surface area contributed by atoms with Crippen LogP contribution in [-0.2, 0) is 11.2 Å². The summed E-state index contributed by atoms with van der Waals surface area (Å²) in [5.74, 6) is 2.13. The van der Waals surface area contributed by atoms with Crippen LogP contribution in [0.25, 0.3) is 5.65 Å². The van der Waals surface area contributed by atoms with Gasteiger partial charge in [0.05, 0.1) is 12.6 Å². The minimum Gasteiger partial charge on any atom is -0.369 e. The molecule has 0 bridgehead atoms. The van der Waals surface area contributed by atoms with Crippen molar-refractivity contribution in [1.82, 2.24) is 9.38 Å². The monoisotopic (exact) mass is 199 g/mol. The highest BCUT2D eigenvalue weighted by Gasteiger charge is 2.07. The number of carbonyl (C=O) groups excluding carboxylic acids is 1. The Bertz CT molecular complexity index is 563. The fraction of sp³-hybridized carbons (Fsp3) is 0.0909. The zero-order valence-electron chi connectivity index (χ0n) is 7.97. The average molecular weight is 199 g/mol. The largest absolute Gasteiger partial charge is 0.369 e. The number of aromatic nitrogens is 2. The van der Waals surface area contributed by atoms with Gasteiger partial charge in [-0.1, -0.05) is 12.0 Å². The van der Waals surface area contributed by atoms with Crippen molar-refractivity contribution in [3.63, 3.8) is 0 Å². The van der Waals surface area contributed by atoms with Gasteiger partial charge in [-0.3, -0.25) is 9.20 Å². The molecule has 0 fully saturated rings. The number of carbonyl (C=O) groups is 1. The molecular formula is C11H9N3O. The predicted molar refractivity (Wildman–Crippen MR) is 56.0 cm³/mol. The van der Waals surface area contributed by atoms with E-state index in [9.17, 15) is 4.79 Å². The Balaban J connectivity index is 2.63. The van der Waals surface area contributed by atoms with Gasteiger partial charge in [-0.15, -0.1) is 6.42 Å². The number of amides is 1. The lowest BCUT2D eigenvalue weighted by Gasteiger charge is -2.01. The van der Waals surface area contributed by atoms with E-state index in [1.54, 1.807) is 10.6 Å². The molecule has 1 amide bonds. The average Bonchev–Trinajstić information content (AvgIpc) is 2.61. The van der Waals surface area contributed by atoms with E-state index in [0.29, 0.717) is 11.3 Å². The maximum atomic E-state index is 10.8. The fourth-order valence-corrected chi connectivity index (χ4v) is 1.50. The molecule has 2 aromatic rings. The van der Waals surface area contributed by atoms with Crippen LogP contribution in [0, 0.1) is 12.3 Å². The lowest BCUT2D eigenvalue weighted by atomic mass is 10.2. The topological polar surface area (TPSA) is 60.4 Å². The number of hydrogen-bond donors (Lipinski definition) is 1. The van der Waals surface area contributed by atoms with E-state index < -0.39 is 0 Å². The van der Waals surface area contributed by atoms with Gasteiger partial charge in [0.15, 0.2) is 0 Å². The number of primary amides is 1. The normalized spacial score (nSPS) is 10.1. The van der Waals surface area contributed by atoms with Gasteiger partial charge in [0.1, 0.15) is 11.3 Å². The molecule has 4 nitrogen and oxygen atoms in total. The first kappa shape index (κ1) is 9.28. The second-order valence-corrected chi connectivity index (χ2v) is 3.16. The molecule has 0 aliphatic heterocycles. The number of rotatable bonds is 2. The molecule has 2 N–H and O–H groups in total. The van der Waals surface area contributed by atoms with E-state index in [2.05, 4.69) is 10.9 Å². The Morgan fingerprint density at radius 3 is 3.13 bits per heavy atom. The fourth-order valence-electron chi connectivity index (χ4n) is 1.50. The Morgan fingerprint density at radius 1 is 1.67 bits per heavy atom. The highest BCUT2D eigenvalue weighted by Crippen LogP contribution is 2.11. The zero-order valence-corrected chi connectivity index (χ0v) is 7.97. The standard InChI is InChI=1S/C11H9N3O/c1-2-9-7-13-11-8(6-10(12)15)4-3-5-14(9)11/h1,3-5,7H,6H2,(H2,12,15). The molecule has 0 spiro atoms. The van der Waals surface area contributed by atoms with E-state index in [-0.39, 0.29) is 12.3 Å². The van der Waals surface area contributed by atoms with Crippen LogP contribution in [0.2, 0.25) is 0 Å². The number of hydrogen-bond acceptors (Lipinski definition) is 2. The number of pyridine rings is 1. The van der Waals surface area contributed by atoms with Crippen molar-refractivity contribution < 1.29 is 4.79 Å². The van der Waals surface area contributed by atoms with Gasteiger partial charge in [-0.05, 0) is 6.07 Å². The first-order valence-electron chi connectivity index (χ1n) is 4.42. The van der Waals surface area contributed by atoms with Gasteiger partial charge in [0, 0.05) is 11.8 Å². The lowest BCUT2D eigenvalue weighted by molar-refractivity contribution is -0.117. The van der Waals surface area contributed by atoms with Crippen LogP contribution in [0.1, 0.15) is 11.3 Å². The summed E-state index contributed by atoms with van der Waals surface area (Å²) in [5.41, 5.74) is 7.27. The highest BCUT2D eigenvalue weighted by molar-refractivity contribution is 5.78. The van der Waals surface area contributed by atoms with E-state index in [1.165, 1.54) is 0 Å². The number of nitrogens with zero attached hydrogens (tertiary/aromatic N) is 2. The van der Waals surface area contributed by atoms with Gasteiger partial charge in [-0.2, -0.15) is 0 Å². The third-order valence-electron chi connectivity index (χ3n) is 2.13. The van der Waals surface area contributed by atoms with Crippen LogP contribution in [0.15, 0.2) is 24.5 Å². The Hall–Kier alpha value is -2.28. The summed E-state index contributed by atoms with van der Waals surface area (Å²) in [6.45, 7) is 0. The smallest absolute Gasteiger partial charge is 0.221 e. The van der Waals surface area contributed by atoms with Gasteiger partial charge >= 0.3 is 0 Å². The van der Waals surface area contributed by atoms with Crippen LogP contribution in [0.3, 0.4) is 0 Å². The van der Waals surface area contributed by atoms with Crippen molar-refractivity contribution >= 4 is 11.6 Å². The molecule has 0 saturated heterocycles. The molecule has 74 valence electrons. The first-order chi connectivity index (χ1) is 7.22. The van der Waals surface area contributed by atoms with Gasteiger partial charge in [-0.25, -0.2) is 4.98 Å². The van der Waals surface area contributed by atoms with Crippen LogP contribution in [0.4, 0.5) is 0 Å². The second kappa shape index (κ2) is 3.46. The third-order valence-corrected chi connectivity index (χ3v) is 2.13. The summed E-state index contributed by atoms with van der Waals surface area (Å²) in [6, 6.07) is 3.63. The molecule has 2 heterocycles. The maximum absolute atomic E-state index is 10.8. The molecule has 0 aromatic carbocycles. The Labute approximate surface area is 86.7 Å². The lowest BCUT2D eigenvalue weighted by Crippen LogP contribution is -2.14. The van der Waals surface area contributed by atoms with E-state index in [1.807, 2.05) is 18.3 Å². The third kappa shape index (κ3) is 1.55. The van der Waals surface area contributed by atoms with Crippen molar-refractivity contribution in [2.24, 2.45) is 5.73 Å². The predicted octanol–water partition coefficient (Wildman–Crippen LogP) is 0.343. The van der Waals surface area contributed by atoms with E-state index in [4.69, 9.17) is 12.2 Å². The van der Waals surface area contributed by atoms with Gasteiger partial charge < -0.3 is 5.73 Å². The summed E-state index contributed by atoms with van der Waals surface area (Å²) in [4.78, 5) is 15.0. The van der Waals surface area contributed by atoms with Crippen molar-refractivity contribution in [2.75, 3.05) is 0 Å². The molecule has 2 aromatic heterocycles. The SMILES string of the molecule is C#Cc1cnc2c(CC(N)=O)cccn12. The molecular weight excluding hydrogens is 190 g/mol. The highest BCUT2D eigenvalue weighted by atomic mass is 16.1. The molecule has 2 rings (SSSR count). The molecule has 0 aliphatic carbocycles. The van der Waals surface area contributed by atoms with Gasteiger partial charge in [0.25, 0.3) is 0 Å². The van der Waals surface area contributed by atoms with Crippen LogP contribution in [-0.4, -0.2) is 15.3 Å². The maximum Gasteiger partial charge on any atom is 0.221 e. The summed E-state index contributed by atoms with van der Waals surface area (Å²) in [6.07, 6.45) is 8.89.